The molecular formula is C27H33N5O2S. The number of carbonyl (C=O) groups is 2. The first-order valence-corrected chi connectivity index (χ1v) is 12.8. The van der Waals surface area contributed by atoms with E-state index in [2.05, 4.69) is 29.2 Å². The Labute approximate surface area is 211 Å². The number of thiazole rings is 1. The molecule has 0 radical (unpaired) electrons. The zero-order valence-electron chi connectivity index (χ0n) is 20.7. The molecule has 0 unspecified atom stereocenters. The number of likely N-dealkylation sites (N-methyl/N-ethyl adjacent to an activating group) is 1. The molecule has 0 N–H and O–H groups in total. The molecule has 35 heavy (non-hydrogen) atoms. The quantitative estimate of drug-likeness (QED) is 0.478. The minimum Gasteiger partial charge on any atom is -0.339 e. The number of nitrogens with zero attached hydrogens (tertiary/aromatic N) is 5. The lowest BCUT2D eigenvalue weighted by molar-refractivity contribution is -0.134. The van der Waals surface area contributed by atoms with E-state index in [1.54, 1.807) is 11.8 Å². The van der Waals surface area contributed by atoms with E-state index in [0.717, 1.165) is 49.7 Å². The Hall–Kier alpha value is -3.07. The van der Waals surface area contributed by atoms with Crippen molar-refractivity contribution in [2.45, 2.75) is 26.9 Å². The SMILES string of the molecule is CC(=O)N(c1cccc(C)c1)c1nc(CN(C)CC(=O)N2CCN(Cc3ccccc3)CC2)cs1. The molecule has 0 atom stereocenters. The summed E-state index contributed by atoms with van der Waals surface area (Å²) in [5.74, 6) is 0.0684. The lowest BCUT2D eigenvalue weighted by atomic mass is 10.2. The Bertz CT molecular complexity index is 1140. The highest BCUT2D eigenvalue weighted by atomic mass is 32.1. The Morgan fingerprint density at radius 3 is 2.46 bits per heavy atom. The highest BCUT2D eigenvalue weighted by Crippen LogP contribution is 2.29. The molecule has 4 rings (SSSR count). The monoisotopic (exact) mass is 491 g/mol. The second-order valence-electron chi connectivity index (χ2n) is 9.13. The van der Waals surface area contributed by atoms with E-state index in [4.69, 9.17) is 4.98 Å². The molecule has 1 fully saturated rings. The number of carbonyl (C=O) groups excluding carboxylic acids is 2. The highest BCUT2D eigenvalue weighted by Gasteiger charge is 2.23. The number of amides is 2. The Balaban J connectivity index is 1.28. The number of aryl methyl sites for hydroxylation is 1. The lowest BCUT2D eigenvalue weighted by Crippen LogP contribution is -2.50. The van der Waals surface area contributed by atoms with Gasteiger partial charge in [0.05, 0.1) is 17.9 Å². The van der Waals surface area contributed by atoms with Crippen LogP contribution in [0.15, 0.2) is 60.0 Å². The summed E-state index contributed by atoms with van der Waals surface area (Å²) in [5.41, 5.74) is 4.06. The highest BCUT2D eigenvalue weighted by molar-refractivity contribution is 7.14. The molecule has 2 aromatic carbocycles. The van der Waals surface area contributed by atoms with Crippen molar-refractivity contribution in [3.8, 4) is 0 Å². The minimum atomic E-state index is -0.0774. The molecule has 3 aromatic rings. The van der Waals surface area contributed by atoms with E-state index < -0.39 is 0 Å². The lowest BCUT2D eigenvalue weighted by Gasteiger charge is -2.35. The van der Waals surface area contributed by atoms with E-state index in [1.807, 2.05) is 59.5 Å². The summed E-state index contributed by atoms with van der Waals surface area (Å²) >= 11 is 1.44. The minimum absolute atomic E-state index is 0.0774. The number of hydrogen-bond donors (Lipinski definition) is 0. The summed E-state index contributed by atoms with van der Waals surface area (Å²) in [6, 6.07) is 18.3. The van der Waals surface area contributed by atoms with E-state index in [1.165, 1.54) is 16.9 Å². The van der Waals surface area contributed by atoms with Crippen LogP contribution < -0.4 is 4.90 Å². The van der Waals surface area contributed by atoms with E-state index >= 15 is 0 Å². The number of aromatic nitrogens is 1. The number of hydrogen-bond acceptors (Lipinski definition) is 6. The number of piperazine rings is 1. The molecule has 0 bridgehead atoms. The first-order valence-electron chi connectivity index (χ1n) is 11.9. The van der Waals surface area contributed by atoms with Crippen LogP contribution in [0.5, 0.6) is 0 Å². The molecule has 1 aromatic heterocycles. The van der Waals surface area contributed by atoms with Gasteiger partial charge in [0.15, 0.2) is 5.13 Å². The van der Waals surface area contributed by atoms with Gasteiger partial charge in [-0.2, -0.15) is 0 Å². The average molecular weight is 492 g/mol. The summed E-state index contributed by atoms with van der Waals surface area (Å²) in [6.45, 7) is 8.66. The van der Waals surface area contributed by atoms with Crippen LogP contribution in [0.1, 0.15) is 23.7 Å². The molecule has 1 aliphatic heterocycles. The summed E-state index contributed by atoms with van der Waals surface area (Å²) in [5, 5.41) is 2.61. The van der Waals surface area contributed by atoms with Crippen LogP contribution in [0.3, 0.4) is 0 Å². The van der Waals surface area contributed by atoms with Crippen molar-refractivity contribution in [1.82, 2.24) is 19.7 Å². The summed E-state index contributed by atoms with van der Waals surface area (Å²) in [4.78, 5) is 37.9. The Morgan fingerprint density at radius 2 is 1.77 bits per heavy atom. The smallest absolute Gasteiger partial charge is 0.236 e. The number of benzene rings is 2. The van der Waals surface area contributed by atoms with Gasteiger partial charge < -0.3 is 4.90 Å². The first-order chi connectivity index (χ1) is 16.9. The standard InChI is InChI=1S/C27H33N5O2S/c1-21-8-7-11-25(16-21)32(22(2)33)27-28-24(20-35-27)18-29(3)19-26(34)31-14-12-30(13-15-31)17-23-9-5-4-6-10-23/h4-11,16,20H,12-15,17-19H2,1-3H3. The molecule has 1 saturated heterocycles. The number of anilines is 2. The normalized spacial score (nSPS) is 14.3. The van der Waals surface area contributed by atoms with Gasteiger partial charge in [-0.3, -0.25) is 24.3 Å². The maximum Gasteiger partial charge on any atom is 0.236 e. The van der Waals surface area contributed by atoms with Gasteiger partial charge in [0.2, 0.25) is 11.8 Å². The summed E-state index contributed by atoms with van der Waals surface area (Å²) < 4.78 is 0. The van der Waals surface area contributed by atoms with Crippen molar-refractivity contribution in [3.05, 3.63) is 76.8 Å². The number of rotatable bonds is 8. The van der Waals surface area contributed by atoms with Crippen molar-refractivity contribution < 1.29 is 9.59 Å². The van der Waals surface area contributed by atoms with Crippen molar-refractivity contribution in [1.29, 1.82) is 0 Å². The van der Waals surface area contributed by atoms with Gasteiger partial charge in [-0.05, 0) is 37.2 Å². The van der Waals surface area contributed by atoms with Crippen LogP contribution in [0.4, 0.5) is 10.8 Å². The van der Waals surface area contributed by atoms with Crippen LogP contribution in [0.25, 0.3) is 0 Å². The molecule has 1 aliphatic rings. The molecule has 7 nitrogen and oxygen atoms in total. The maximum absolute atomic E-state index is 12.9. The van der Waals surface area contributed by atoms with Gasteiger partial charge in [0, 0.05) is 51.6 Å². The van der Waals surface area contributed by atoms with E-state index in [9.17, 15) is 9.59 Å². The van der Waals surface area contributed by atoms with Crippen LogP contribution >= 0.6 is 11.3 Å². The zero-order chi connectivity index (χ0) is 24.8. The molecule has 2 heterocycles. The topological polar surface area (TPSA) is 60.0 Å². The van der Waals surface area contributed by atoms with Gasteiger partial charge in [-0.15, -0.1) is 11.3 Å². The fraction of sp³-hybridized carbons (Fsp3) is 0.370. The fourth-order valence-electron chi connectivity index (χ4n) is 4.33. The third-order valence-corrected chi connectivity index (χ3v) is 6.99. The molecule has 8 heteroatoms. The van der Waals surface area contributed by atoms with Crippen LogP contribution in [-0.4, -0.2) is 71.3 Å². The van der Waals surface area contributed by atoms with Gasteiger partial charge in [0.25, 0.3) is 0 Å². The van der Waals surface area contributed by atoms with Gasteiger partial charge in [-0.1, -0.05) is 42.5 Å². The van der Waals surface area contributed by atoms with Crippen molar-refractivity contribution in [3.63, 3.8) is 0 Å². The van der Waals surface area contributed by atoms with Crippen LogP contribution in [-0.2, 0) is 22.7 Å². The summed E-state index contributed by atoms with van der Waals surface area (Å²) in [7, 11) is 1.94. The third-order valence-electron chi connectivity index (χ3n) is 6.12. The molecule has 0 spiro atoms. The van der Waals surface area contributed by atoms with Crippen molar-refractivity contribution in [2.24, 2.45) is 0 Å². The molecule has 2 amide bonds. The predicted molar refractivity (Wildman–Crippen MR) is 141 cm³/mol. The summed E-state index contributed by atoms with van der Waals surface area (Å²) in [6.07, 6.45) is 0. The second kappa shape index (κ2) is 11.6. The second-order valence-corrected chi connectivity index (χ2v) is 9.97. The fourth-order valence-corrected chi connectivity index (χ4v) is 5.20. The predicted octanol–water partition coefficient (Wildman–Crippen LogP) is 3.91. The first kappa shape index (κ1) is 25.0. The third kappa shape index (κ3) is 6.75. The molecule has 0 saturated carbocycles. The van der Waals surface area contributed by atoms with E-state index in [0.29, 0.717) is 18.2 Å². The maximum atomic E-state index is 12.9. The van der Waals surface area contributed by atoms with Crippen LogP contribution in [0, 0.1) is 6.92 Å². The largest absolute Gasteiger partial charge is 0.339 e. The molecule has 0 aliphatic carbocycles. The average Bonchev–Trinajstić information content (AvgIpc) is 3.27. The Morgan fingerprint density at radius 1 is 1.03 bits per heavy atom. The van der Waals surface area contributed by atoms with Crippen LogP contribution in [0.2, 0.25) is 0 Å². The Kier molecular flexibility index (Phi) is 8.28. The van der Waals surface area contributed by atoms with Crippen molar-refractivity contribution in [2.75, 3.05) is 44.7 Å². The molecule has 184 valence electrons. The van der Waals surface area contributed by atoms with E-state index in [-0.39, 0.29) is 11.8 Å². The van der Waals surface area contributed by atoms with Gasteiger partial charge in [-0.25, -0.2) is 4.98 Å². The van der Waals surface area contributed by atoms with Gasteiger partial charge in [0.1, 0.15) is 0 Å². The zero-order valence-corrected chi connectivity index (χ0v) is 21.5. The molecular weight excluding hydrogens is 458 g/mol. The van der Waals surface area contributed by atoms with Gasteiger partial charge >= 0.3 is 0 Å². The van der Waals surface area contributed by atoms with Crippen molar-refractivity contribution >= 4 is 34.0 Å².